The van der Waals surface area contributed by atoms with Crippen LogP contribution in [0.15, 0.2) is 143 Å². The van der Waals surface area contributed by atoms with Crippen molar-refractivity contribution in [2.45, 2.75) is 19.8 Å². The first kappa shape index (κ1) is 22.0. The van der Waals surface area contributed by atoms with Crippen LogP contribution in [0.3, 0.4) is 0 Å². The molecular weight excluding hydrogens is 486 g/mol. The largest absolute Gasteiger partial charge is 0.306 e. The zero-order valence-electron chi connectivity index (χ0n) is 22.3. The molecule has 0 saturated heterocycles. The SMILES string of the molecule is CCc1nc2cccc3c2n1-c1cc(C2=CC4=C5C(=CC=C6C=CC=C2C65)C=CC4)ccc1N3c1ccccc1. The zero-order valence-corrected chi connectivity index (χ0v) is 22.3. The highest BCUT2D eigenvalue weighted by atomic mass is 15.2. The van der Waals surface area contributed by atoms with Gasteiger partial charge in [0.1, 0.15) is 5.82 Å². The molecule has 9 rings (SSSR count). The van der Waals surface area contributed by atoms with Gasteiger partial charge >= 0.3 is 0 Å². The van der Waals surface area contributed by atoms with Crippen LogP contribution in [0.2, 0.25) is 0 Å². The third-order valence-corrected chi connectivity index (χ3v) is 8.94. The van der Waals surface area contributed by atoms with Crippen LogP contribution in [0.25, 0.3) is 22.3 Å². The Morgan fingerprint density at radius 2 is 1.80 bits per heavy atom. The molecule has 3 nitrogen and oxygen atoms in total. The minimum Gasteiger partial charge on any atom is -0.306 e. The molecule has 0 spiro atoms. The first-order valence-corrected chi connectivity index (χ1v) is 14.2. The molecule has 1 aromatic heterocycles. The van der Waals surface area contributed by atoms with Gasteiger partial charge in [0.15, 0.2) is 0 Å². The number of aromatic nitrogens is 2. The summed E-state index contributed by atoms with van der Waals surface area (Å²) in [5.41, 5.74) is 16.6. The van der Waals surface area contributed by atoms with E-state index in [4.69, 9.17) is 4.98 Å². The molecule has 40 heavy (non-hydrogen) atoms. The number of imidazole rings is 1. The van der Waals surface area contributed by atoms with Gasteiger partial charge in [-0.15, -0.1) is 0 Å². The molecular formula is C37H27N3. The molecule has 1 aliphatic heterocycles. The van der Waals surface area contributed by atoms with Gasteiger partial charge in [-0.05, 0) is 81.8 Å². The number of anilines is 3. The van der Waals surface area contributed by atoms with Crippen LogP contribution in [0.4, 0.5) is 17.1 Å². The molecule has 1 atom stereocenters. The minimum atomic E-state index is 0.314. The fourth-order valence-electron chi connectivity index (χ4n) is 7.26. The Balaban J connectivity index is 1.30. The number of hydrogen-bond donors (Lipinski definition) is 0. The zero-order chi connectivity index (χ0) is 26.4. The molecule has 3 aromatic carbocycles. The van der Waals surface area contributed by atoms with Crippen LogP contribution >= 0.6 is 0 Å². The van der Waals surface area contributed by atoms with E-state index in [-0.39, 0.29) is 0 Å². The average Bonchev–Trinajstić information content (AvgIpc) is 3.40. The average molecular weight is 514 g/mol. The van der Waals surface area contributed by atoms with E-state index in [1.54, 1.807) is 0 Å². The first-order valence-electron chi connectivity index (χ1n) is 14.2. The molecule has 0 saturated carbocycles. The number of hydrogen-bond acceptors (Lipinski definition) is 2. The van der Waals surface area contributed by atoms with Crippen molar-refractivity contribution in [3.05, 3.63) is 155 Å². The second kappa shape index (κ2) is 8.06. The number of aryl methyl sites for hydroxylation is 1. The van der Waals surface area contributed by atoms with E-state index in [1.165, 1.54) is 61.6 Å². The summed E-state index contributed by atoms with van der Waals surface area (Å²) < 4.78 is 2.41. The summed E-state index contributed by atoms with van der Waals surface area (Å²) in [4.78, 5) is 7.48. The second-order valence-electron chi connectivity index (χ2n) is 11.0. The van der Waals surface area contributed by atoms with Gasteiger partial charge in [-0.3, -0.25) is 4.57 Å². The highest BCUT2D eigenvalue weighted by molar-refractivity contribution is 6.02. The Morgan fingerprint density at radius 1 is 0.875 bits per heavy atom. The highest BCUT2D eigenvalue weighted by Crippen LogP contribution is 2.53. The fourth-order valence-corrected chi connectivity index (χ4v) is 7.26. The van der Waals surface area contributed by atoms with E-state index in [0.29, 0.717) is 5.92 Å². The van der Waals surface area contributed by atoms with Gasteiger partial charge in [0, 0.05) is 18.0 Å². The van der Waals surface area contributed by atoms with Gasteiger partial charge in [0.2, 0.25) is 0 Å². The maximum atomic E-state index is 5.09. The molecule has 0 fully saturated rings. The van der Waals surface area contributed by atoms with E-state index in [2.05, 4.69) is 132 Å². The third-order valence-electron chi connectivity index (χ3n) is 8.94. The number of benzene rings is 3. The van der Waals surface area contributed by atoms with E-state index in [0.717, 1.165) is 29.9 Å². The van der Waals surface area contributed by atoms with Gasteiger partial charge in [-0.25, -0.2) is 4.98 Å². The van der Waals surface area contributed by atoms with E-state index < -0.39 is 0 Å². The number of rotatable bonds is 3. The molecule has 4 aliphatic carbocycles. The molecule has 190 valence electrons. The topological polar surface area (TPSA) is 21.1 Å². The van der Waals surface area contributed by atoms with Crippen molar-refractivity contribution in [1.29, 1.82) is 0 Å². The summed E-state index contributed by atoms with van der Waals surface area (Å²) in [6.07, 6.45) is 20.3. The van der Waals surface area contributed by atoms with Crippen molar-refractivity contribution >= 4 is 33.7 Å². The molecule has 0 amide bonds. The minimum absolute atomic E-state index is 0.314. The van der Waals surface area contributed by atoms with Gasteiger partial charge in [-0.1, -0.05) is 85.9 Å². The predicted molar refractivity (Wildman–Crippen MR) is 164 cm³/mol. The second-order valence-corrected chi connectivity index (χ2v) is 11.0. The van der Waals surface area contributed by atoms with Crippen LogP contribution in [0.1, 0.15) is 24.7 Å². The predicted octanol–water partition coefficient (Wildman–Crippen LogP) is 9.00. The highest BCUT2D eigenvalue weighted by Gasteiger charge is 2.36. The Hall–Kier alpha value is -4.89. The van der Waals surface area contributed by atoms with Crippen molar-refractivity contribution in [2.24, 2.45) is 5.92 Å². The first-order chi connectivity index (χ1) is 19.8. The quantitative estimate of drug-likeness (QED) is 0.240. The molecule has 1 unspecified atom stereocenters. The summed E-state index contributed by atoms with van der Waals surface area (Å²) in [6, 6.07) is 24.2. The van der Waals surface area contributed by atoms with Crippen molar-refractivity contribution in [3.63, 3.8) is 0 Å². The number of para-hydroxylation sites is 2. The molecule has 4 aromatic rings. The van der Waals surface area contributed by atoms with Crippen LogP contribution in [0, 0.1) is 5.92 Å². The monoisotopic (exact) mass is 513 g/mol. The Kier molecular flexibility index (Phi) is 4.43. The summed E-state index contributed by atoms with van der Waals surface area (Å²) in [6.45, 7) is 2.20. The van der Waals surface area contributed by atoms with E-state index >= 15 is 0 Å². The number of allylic oxidation sites excluding steroid dienone is 14. The third kappa shape index (κ3) is 2.87. The molecule has 2 heterocycles. The Labute approximate surface area is 233 Å². The van der Waals surface area contributed by atoms with Crippen molar-refractivity contribution in [3.8, 4) is 5.69 Å². The van der Waals surface area contributed by atoms with Crippen LogP contribution in [0.5, 0.6) is 0 Å². The maximum Gasteiger partial charge on any atom is 0.114 e. The molecule has 3 heteroatoms. The number of fused-ring (bicyclic) bond motifs is 2. The Morgan fingerprint density at radius 3 is 2.70 bits per heavy atom. The Bertz CT molecular complexity index is 2000. The van der Waals surface area contributed by atoms with Crippen LogP contribution < -0.4 is 4.90 Å². The summed E-state index contributed by atoms with van der Waals surface area (Å²) in [5, 5.41) is 0. The van der Waals surface area contributed by atoms with Gasteiger partial charge in [0.05, 0.1) is 28.1 Å². The lowest BCUT2D eigenvalue weighted by molar-refractivity contribution is 0.843. The van der Waals surface area contributed by atoms with Crippen LogP contribution in [-0.2, 0) is 6.42 Å². The summed E-state index contributed by atoms with van der Waals surface area (Å²) in [5.74, 6) is 1.41. The number of nitrogens with zero attached hydrogens (tertiary/aromatic N) is 3. The molecule has 0 N–H and O–H groups in total. The van der Waals surface area contributed by atoms with Gasteiger partial charge < -0.3 is 4.90 Å². The van der Waals surface area contributed by atoms with Crippen molar-refractivity contribution in [2.75, 3.05) is 4.90 Å². The lowest BCUT2D eigenvalue weighted by Crippen LogP contribution is -2.23. The normalized spacial score (nSPS) is 19.6. The summed E-state index contributed by atoms with van der Waals surface area (Å²) in [7, 11) is 0. The lowest BCUT2D eigenvalue weighted by Gasteiger charge is -2.38. The van der Waals surface area contributed by atoms with Gasteiger partial charge in [0.25, 0.3) is 0 Å². The van der Waals surface area contributed by atoms with E-state index in [9.17, 15) is 0 Å². The van der Waals surface area contributed by atoms with Crippen molar-refractivity contribution in [1.82, 2.24) is 9.55 Å². The molecule has 0 radical (unpaired) electrons. The molecule has 0 bridgehead atoms. The fraction of sp³-hybridized carbons (Fsp3) is 0.108. The van der Waals surface area contributed by atoms with Crippen LogP contribution in [-0.4, -0.2) is 9.55 Å². The molecule has 5 aliphatic rings. The van der Waals surface area contributed by atoms with Gasteiger partial charge in [-0.2, -0.15) is 0 Å². The lowest BCUT2D eigenvalue weighted by atomic mass is 9.66. The maximum absolute atomic E-state index is 5.09. The standard InChI is InChI=1S/C37H27N3/c1-2-34-38-30-15-8-16-32-37(30)40(34)33-22-25(19-20-31(33)39(32)27-12-4-3-5-13-27)29-21-26-11-6-9-23-17-18-24-10-7-14-28(29)36(24)35(23)26/h3-10,12-22,36H,2,11H2,1H3. The smallest absolute Gasteiger partial charge is 0.114 e. The van der Waals surface area contributed by atoms with E-state index in [1.807, 2.05) is 0 Å². The van der Waals surface area contributed by atoms with Crippen molar-refractivity contribution < 1.29 is 0 Å². The summed E-state index contributed by atoms with van der Waals surface area (Å²) >= 11 is 0.